The summed E-state index contributed by atoms with van der Waals surface area (Å²) in [6, 6.07) is -1.62. The van der Waals surface area contributed by atoms with Crippen LogP contribution in [0.1, 0.15) is 60.8 Å². The minimum atomic E-state index is -4.89. The summed E-state index contributed by atoms with van der Waals surface area (Å²) < 4.78 is 15.3. The number of allylic oxidation sites excluding steroid dienone is 9. The first-order valence-corrected chi connectivity index (χ1v) is 12.3. The average molecular weight is 482 g/mol. The molecule has 1 aliphatic carbocycles. The highest BCUT2D eigenvalue weighted by atomic mass is 31.2. The number of phosphoric ester groups is 1. The lowest BCUT2D eigenvalue weighted by Gasteiger charge is -2.32. The number of carboxylic acid groups (broad SMARTS) is 1. The molecule has 0 saturated carbocycles. The molecule has 2 atom stereocenters. The van der Waals surface area contributed by atoms with Crippen molar-refractivity contribution in [1.29, 1.82) is 0 Å². The fourth-order valence-corrected chi connectivity index (χ4v) is 4.29. The molecule has 1 rings (SSSR count). The van der Waals surface area contributed by atoms with Crippen molar-refractivity contribution in [2.24, 2.45) is 5.41 Å². The van der Waals surface area contributed by atoms with Gasteiger partial charge in [-0.3, -0.25) is 9.32 Å². The molecule has 0 radical (unpaired) electrons. The van der Waals surface area contributed by atoms with E-state index in [0.717, 1.165) is 18.9 Å². The van der Waals surface area contributed by atoms with Crippen LogP contribution >= 0.6 is 7.82 Å². The van der Waals surface area contributed by atoms with Crippen molar-refractivity contribution in [3.63, 3.8) is 0 Å². The molecule has 0 saturated heterocycles. The van der Waals surface area contributed by atoms with Gasteiger partial charge in [0.1, 0.15) is 0 Å². The Hall–Kier alpha value is -2.25. The van der Waals surface area contributed by atoms with Crippen LogP contribution in [0.3, 0.4) is 0 Å². The number of carboxylic acids is 1. The van der Waals surface area contributed by atoms with E-state index in [-0.39, 0.29) is 5.41 Å². The lowest BCUT2D eigenvalue weighted by molar-refractivity contribution is -0.143. The highest BCUT2D eigenvalue weighted by Crippen LogP contribution is 2.41. The van der Waals surface area contributed by atoms with E-state index in [1.807, 2.05) is 13.0 Å². The van der Waals surface area contributed by atoms with Crippen LogP contribution in [0.15, 0.2) is 58.7 Å². The van der Waals surface area contributed by atoms with Gasteiger partial charge in [-0.25, -0.2) is 9.36 Å². The first-order chi connectivity index (χ1) is 15.1. The Bertz CT molecular complexity index is 934. The number of rotatable bonds is 10. The molecule has 1 amide bonds. The molecule has 0 aromatic carbocycles. The van der Waals surface area contributed by atoms with Crippen molar-refractivity contribution in [2.45, 2.75) is 73.0 Å². The maximum atomic E-state index is 12.1. The Balaban J connectivity index is 2.79. The molecule has 0 fully saturated rings. The highest BCUT2D eigenvalue weighted by molar-refractivity contribution is 7.46. The van der Waals surface area contributed by atoms with Gasteiger partial charge in [-0.05, 0) is 63.5 Å². The summed E-state index contributed by atoms with van der Waals surface area (Å²) in [6.07, 6.45) is 13.0. The predicted molar refractivity (Wildman–Crippen MR) is 128 cm³/mol. The maximum Gasteiger partial charge on any atom is 0.469 e. The number of hydrogen-bond acceptors (Lipinski definition) is 4. The Morgan fingerprint density at radius 3 is 2.36 bits per heavy atom. The Kier molecular flexibility index (Phi) is 10.7. The quantitative estimate of drug-likeness (QED) is 0.204. The fourth-order valence-electron chi connectivity index (χ4n) is 3.74. The largest absolute Gasteiger partial charge is 0.480 e. The monoisotopic (exact) mass is 481 g/mol. The zero-order valence-electron chi connectivity index (χ0n) is 20.2. The summed E-state index contributed by atoms with van der Waals surface area (Å²) in [5.74, 6) is -2.18. The summed E-state index contributed by atoms with van der Waals surface area (Å²) in [6.45, 7) is 11.5. The topological polar surface area (TPSA) is 133 Å². The third kappa shape index (κ3) is 10.5. The van der Waals surface area contributed by atoms with Crippen molar-refractivity contribution in [3.05, 3.63) is 58.7 Å². The van der Waals surface area contributed by atoms with Gasteiger partial charge < -0.3 is 20.2 Å². The van der Waals surface area contributed by atoms with E-state index in [0.29, 0.717) is 5.57 Å². The number of nitrogens with one attached hydrogen (secondary N) is 1. The van der Waals surface area contributed by atoms with E-state index in [1.165, 1.54) is 30.1 Å². The van der Waals surface area contributed by atoms with Gasteiger partial charge in [-0.1, -0.05) is 55.4 Å². The third-order valence-corrected chi connectivity index (χ3v) is 6.08. The van der Waals surface area contributed by atoms with Gasteiger partial charge in [0, 0.05) is 6.08 Å². The van der Waals surface area contributed by atoms with Crippen molar-refractivity contribution >= 4 is 19.7 Å². The molecule has 184 valence electrons. The second kappa shape index (κ2) is 12.3. The second-order valence-electron chi connectivity index (χ2n) is 9.05. The van der Waals surface area contributed by atoms with Gasteiger partial charge in [-0.2, -0.15) is 0 Å². The second-order valence-corrected chi connectivity index (χ2v) is 10.2. The molecular formula is C24H36NO7P. The van der Waals surface area contributed by atoms with Crippen LogP contribution in [0.25, 0.3) is 0 Å². The summed E-state index contributed by atoms with van der Waals surface area (Å²) in [4.78, 5) is 41.2. The van der Waals surface area contributed by atoms with Crippen LogP contribution in [0, 0.1) is 5.41 Å². The van der Waals surface area contributed by atoms with E-state index >= 15 is 0 Å². The first-order valence-electron chi connectivity index (χ1n) is 10.8. The molecule has 0 heterocycles. The third-order valence-electron chi connectivity index (χ3n) is 5.47. The maximum absolute atomic E-state index is 12.1. The zero-order chi connectivity index (χ0) is 25.4. The molecular weight excluding hydrogens is 445 g/mol. The minimum Gasteiger partial charge on any atom is -0.480 e. The fraction of sp³-hybridized carbons (Fsp3) is 0.500. The van der Waals surface area contributed by atoms with E-state index in [9.17, 15) is 19.3 Å². The van der Waals surface area contributed by atoms with Crippen LogP contribution in [-0.4, -0.2) is 38.9 Å². The predicted octanol–water partition coefficient (Wildman–Crippen LogP) is 4.59. The van der Waals surface area contributed by atoms with Crippen LogP contribution in [0.2, 0.25) is 0 Å². The number of carbonyl (C=O) groups is 2. The normalized spacial score (nSPS) is 19.8. The summed E-state index contributed by atoms with van der Waals surface area (Å²) in [5.41, 5.74) is 4.59. The molecule has 4 N–H and O–H groups in total. The van der Waals surface area contributed by atoms with Crippen LogP contribution in [0.5, 0.6) is 0 Å². The van der Waals surface area contributed by atoms with Crippen molar-refractivity contribution in [3.8, 4) is 0 Å². The molecule has 1 aliphatic rings. The van der Waals surface area contributed by atoms with E-state index in [4.69, 9.17) is 9.79 Å². The van der Waals surface area contributed by atoms with E-state index < -0.39 is 31.8 Å². The lowest BCUT2D eigenvalue weighted by Crippen LogP contribution is -2.47. The molecule has 9 heteroatoms. The average Bonchev–Trinajstić information content (AvgIpc) is 2.63. The van der Waals surface area contributed by atoms with E-state index in [2.05, 4.69) is 42.8 Å². The van der Waals surface area contributed by atoms with Gasteiger partial charge in [0.2, 0.25) is 5.91 Å². The van der Waals surface area contributed by atoms with Crippen molar-refractivity contribution < 1.29 is 33.6 Å². The molecule has 0 aromatic heterocycles. The van der Waals surface area contributed by atoms with Crippen molar-refractivity contribution in [2.75, 3.05) is 0 Å². The van der Waals surface area contributed by atoms with Gasteiger partial charge in [0.25, 0.3) is 0 Å². The Morgan fingerprint density at radius 2 is 1.82 bits per heavy atom. The Labute approximate surface area is 196 Å². The SMILES string of the molecule is CC1=C(/C=C/C(C)=C\C=C\C(C)=C\C(=O)N[C@H](C(=O)O)C(C)OP(=O)(O)O)C(C)(C)CCC1. The van der Waals surface area contributed by atoms with Crippen LogP contribution < -0.4 is 5.32 Å². The van der Waals surface area contributed by atoms with Gasteiger partial charge in [-0.15, -0.1) is 0 Å². The molecule has 0 aromatic rings. The van der Waals surface area contributed by atoms with E-state index in [1.54, 1.807) is 19.1 Å². The van der Waals surface area contributed by atoms with Gasteiger partial charge in [0.05, 0.1) is 6.10 Å². The number of phosphoric acid groups is 1. The minimum absolute atomic E-state index is 0.170. The molecule has 8 nitrogen and oxygen atoms in total. The molecule has 33 heavy (non-hydrogen) atoms. The summed E-state index contributed by atoms with van der Waals surface area (Å²) in [5, 5.41) is 11.4. The first kappa shape index (κ1) is 28.8. The lowest BCUT2D eigenvalue weighted by atomic mass is 9.72. The molecule has 1 unspecified atom stereocenters. The zero-order valence-corrected chi connectivity index (χ0v) is 21.1. The molecule has 0 aliphatic heterocycles. The molecule has 0 bridgehead atoms. The van der Waals surface area contributed by atoms with Gasteiger partial charge in [0.15, 0.2) is 6.04 Å². The van der Waals surface area contributed by atoms with Crippen LogP contribution in [0.4, 0.5) is 0 Å². The molecule has 0 spiro atoms. The highest BCUT2D eigenvalue weighted by Gasteiger charge is 2.32. The Morgan fingerprint density at radius 1 is 1.18 bits per heavy atom. The van der Waals surface area contributed by atoms with Crippen LogP contribution in [-0.2, 0) is 18.7 Å². The smallest absolute Gasteiger partial charge is 0.469 e. The summed E-state index contributed by atoms with van der Waals surface area (Å²) in [7, 11) is -4.89. The number of carbonyl (C=O) groups excluding carboxylic acids is 1. The number of hydrogen-bond donors (Lipinski definition) is 4. The number of amides is 1. The van der Waals surface area contributed by atoms with Crippen molar-refractivity contribution in [1.82, 2.24) is 5.32 Å². The number of aliphatic carboxylic acids is 1. The summed E-state index contributed by atoms with van der Waals surface area (Å²) >= 11 is 0. The van der Waals surface area contributed by atoms with Gasteiger partial charge >= 0.3 is 13.8 Å². The standard InChI is InChI=1S/C24H36NO7P/c1-16(12-13-20-18(3)11-8-14-24(20,5)6)9-7-10-17(2)15-21(26)25-22(23(27)28)19(4)32-33(29,30)31/h7,9-10,12-13,15,19,22H,8,11,14H2,1-6H3,(H,25,26)(H,27,28)(H2,29,30,31)/b10-7+,13-12+,16-9-,17-15+/t19?,22-/m0/s1.